The Morgan fingerprint density at radius 2 is 2.28 bits per heavy atom. The third-order valence-corrected chi connectivity index (χ3v) is 4.20. The smallest absolute Gasteiger partial charge is 0.0638 e. The van der Waals surface area contributed by atoms with E-state index in [0.717, 1.165) is 30.6 Å². The SMILES string of the molecule is Cc1nn(C)cc1CNCCC1CCCC(C)C1. The molecule has 1 aliphatic rings. The van der Waals surface area contributed by atoms with E-state index in [1.54, 1.807) is 0 Å². The summed E-state index contributed by atoms with van der Waals surface area (Å²) in [5.74, 6) is 1.90. The van der Waals surface area contributed by atoms with Crippen LogP contribution in [0.15, 0.2) is 6.20 Å². The van der Waals surface area contributed by atoms with Gasteiger partial charge in [0.15, 0.2) is 0 Å². The Hall–Kier alpha value is -0.830. The second-order valence-corrected chi connectivity index (χ2v) is 6.02. The Labute approximate surface area is 111 Å². The second-order valence-electron chi connectivity index (χ2n) is 6.02. The molecule has 102 valence electrons. The van der Waals surface area contributed by atoms with Crippen molar-refractivity contribution in [2.24, 2.45) is 18.9 Å². The minimum atomic E-state index is 0.948. The van der Waals surface area contributed by atoms with Crippen molar-refractivity contribution >= 4 is 0 Å². The lowest BCUT2D eigenvalue weighted by Crippen LogP contribution is -2.21. The second kappa shape index (κ2) is 6.37. The molecule has 0 spiro atoms. The number of nitrogens with zero attached hydrogens (tertiary/aromatic N) is 2. The van der Waals surface area contributed by atoms with Gasteiger partial charge in [0, 0.05) is 25.4 Å². The van der Waals surface area contributed by atoms with Gasteiger partial charge in [0.25, 0.3) is 0 Å². The van der Waals surface area contributed by atoms with Gasteiger partial charge < -0.3 is 5.32 Å². The maximum Gasteiger partial charge on any atom is 0.0638 e. The first kappa shape index (κ1) is 13.6. The van der Waals surface area contributed by atoms with Gasteiger partial charge in [-0.3, -0.25) is 4.68 Å². The third-order valence-electron chi connectivity index (χ3n) is 4.20. The summed E-state index contributed by atoms with van der Waals surface area (Å²) in [5.41, 5.74) is 2.48. The molecule has 0 aromatic carbocycles. The third kappa shape index (κ3) is 3.84. The van der Waals surface area contributed by atoms with Crippen molar-refractivity contribution < 1.29 is 0 Å². The quantitative estimate of drug-likeness (QED) is 0.813. The number of aromatic nitrogens is 2. The van der Waals surface area contributed by atoms with Crippen LogP contribution in [0.5, 0.6) is 0 Å². The van der Waals surface area contributed by atoms with Crippen molar-refractivity contribution in [2.75, 3.05) is 6.54 Å². The molecule has 1 fully saturated rings. The zero-order valence-electron chi connectivity index (χ0n) is 12.1. The number of rotatable bonds is 5. The largest absolute Gasteiger partial charge is 0.313 e. The van der Waals surface area contributed by atoms with Crippen molar-refractivity contribution in [3.63, 3.8) is 0 Å². The molecule has 18 heavy (non-hydrogen) atoms. The highest BCUT2D eigenvalue weighted by Crippen LogP contribution is 2.30. The van der Waals surface area contributed by atoms with Crippen molar-refractivity contribution in [3.8, 4) is 0 Å². The molecule has 0 aliphatic heterocycles. The Bertz CT molecular complexity index is 370. The molecular formula is C15H27N3. The standard InChI is InChI=1S/C15H27N3/c1-12-5-4-6-14(9-12)7-8-16-10-15-11-18(3)17-13(15)2/h11-12,14,16H,4-10H2,1-3H3. The van der Waals surface area contributed by atoms with E-state index >= 15 is 0 Å². The van der Waals surface area contributed by atoms with Crippen molar-refractivity contribution in [2.45, 2.75) is 52.5 Å². The normalized spacial score (nSPS) is 24.4. The van der Waals surface area contributed by atoms with Gasteiger partial charge in [-0.15, -0.1) is 0 Å². The van der Waals surface area contributed by atoms with Gasteiger partial charge in [-0.25, -0.2) is 0 Å². The molecular weight excluding hydrogens is 222 g/mol. The Morgan fingerprint density at radius 3 is 2.94 bits per heavy atom. The van der Waals surface area contributed by atoms with E-state index in [1.807, 2.05) is 11.7 Å². The minimum Gasteiger partial charge on any atom is -0.313 e. The van der Waals surface area contributed by atoms with E-state index in [4.69, 9.17) is 0 Å². The minimum absolute atomic E-state index is 0.948. The summed E-state index contributed by atoms with van der Waals surface area (Å²) in [4.78, 5) is 0. The van der Waals surface area contributed by atoms with E-state index in [9.17, 15) is 0 Å². The zero-order chi connectivity index (χ0) is 13.0. The molecule has 3 heteroatoms. The first-order valence-corrected chi connectivity index (χ1v) is 7.35. The molecule has 2 rings (SSSR count). The summed E-state index contributed by atoms with van der Waals surface area (Å²) in [6.45, 7) is 6.59. The predicted molar refractivity (Wildman–Crippen MR) is 75.4 cm³/mol. The van der Waals surface area contributed by atoms with Gasteiger partial charge in [0.2, 0.25) is 0 Å². The van der Waals surface area contributed by atoms with Gasteiger partial charge in [0.05, 0.1) is 5.69 Å². The fraction of sp³-hybridized carbons (Fsp3) is 0.800. The van der Waals surface area contributed by atoms with E-state index in [0.29, 0.717) is 0 Å². The first-order chi connectivity index (χ1) is 8.65. The molecule has 1 saturated carbocycles. The molecule has 2 atom stereocenters. The molecule has 0 amide bonds. The average molecular weight is 249 g/mol. The van der Waals surface area contributed by atoms with Gasteiger partial charge in [-0.2, -0.15) is 5.10 Å². The lowest BCUT2D eigenvalue weighted by molar-refractivity contribution is 0.267. The lowest BCUT2D eigenvalue weighted by Gasteiger charge is -2.26. The Morgan fingerprint density at radius 1 is 1.44 bits per heavy atom. The van der Waals surface area contributed by atoms with E-state index < -0.39 is 0 Å². The fourth-order valence-electron chi connectivity index (χ4n) is 3.17. The number of hydrogen-bond donors (Lipinski definition) is 1. The Kier molecular flexibility index (Phi) is 4.81. The molecule has 2 unspecified atom stereocenters. The number of hydrogen-bond acceptors (Lipinski definition) is 2. The molecule has 1 N–H and O–H groups in total. The lowest BCUT2D eigenvalue weighted by atomic mass is 9.81. The van der Waals surface area contributed by atoms with Crippen LogP contribution >= 0.6 is 0 Å². The Balaban J connectivity index is 1.65. The highest BCUT2D eigenvalue weighted by Gasteiger charge is 2.18. The summed E-state index contributed by atoms with van der Waals surface area (Å²) in [6.07, 6.45) is 9.21. The molecule has 0 bridgehead atoms. The molecule has 0 radical (unpaired) electrons. The molecule has 3 nitrogen and oxygen atoms in total. The van der Waals surface area contributed by atoms with Gasteiger partial charge in [-0.05, 0) is 38.1 Å². The van der Waals surface area contributed by atoms with Crippen LogP contribution in [0.2, 0.25) is 0 Å². The predicted octanol–water partition coefficient (Wildman–Crippen LogP) is 3.03. The number of aryl methyl sites for hydroxylation is 2. The molecule has 1 aromatic rings. The van der Waals surface area contributed by atoms with Crippen LogP contribution in [-0.4, -0.2) is 16.3 Å². The van der Waals surface area contributed by atoms with Crippen LogP contribution in [0.1, 0.15) is 50.3 Å². The maximum absolute atomic E-state index is 4.37. The van der Waals surface area contributed by atoms with Crippen LogP contribution in [0.25, 0.3) is 0 Å². The average Bonchev–Trinajstić information content (AvgIpc) is 2.64. The van der Waals surface area contributed by atoms with Crippen LogP contribution in [0.3, 0.4) is 0 Å². The van der Waals surface area contributed by atoms with Crippen LogP contribution < -0.4 is 5.32 Å². The van der Waals surface area contributed by atoms with E-state index in [2.05, 4.69) is 30.5 Å². The maximum atomic E-state index is 4.37. The first-order valence-electron chi connectivity index (χ1n) is 7.35. The van der Waals surface area contributed by atoms with E-state index in [1.165, 1.54) is 37.7 Å². The van der Waals surface area contributed by atoms with Crippen LogP contribution in [-0.2, 0) is 13.6 Å². The highest BCUT2D eigenvalue weighted by atomic mass is 15.2. The van der Waals surface area contributed by atoms with E-state index in [-0.39, 0.29) is 0 Å². The highest BCUT2D eigenvalue weighted by molar-refractivity contribution is 5.14. The fourth-order valence-corrected chi connectivity index (χ4v) is 3.17. The molecule has 1 aromatic heterocycles. The molecule has 1 heterocycles. The van der Waals surface area contributed by atoms with Crippen LogP contribution in [0, 0.1) is 18.8 Å². The van der Waals surface area contributed by atoms with Gasteiger partial charge in [-0.1, -0.05) is 26.2 Å². The number of nitrogens with one attached hydrogen (secondary N) is 1. The van der Waals surface area contributed by atoms with Crippen molar-refractivity contribution in [1.82, 2.24) is 15.1 Å². The van der Waals surface area contributed by atoms with Gasteiger partial charge in [0.1, 0.15) is 0 Å². The summed E-state index contributed by atoms with van der Waals surface area (Å²) >= 11 is 0. The van der Waals surface area contributed by atoms with Crippen LogP contribution in [0.4, 0.5) is 0 Å². The summed E-state index contributed by atoms with van der Waals surface area (Å²) in [7, 11) is 1.99. The summed E-state index contributed by atoms with van der Waals surface area (Å²) in [5, 5.41) is 7.93. The van der Waals surface area contributed by atoms with Crippen molar-refractivity contribution in [1.29, 1.82) is 0 Å². The topological polar surface area (TPSA) is 29.9 Å². The van der Waals surface area contributed by atoms with Crippen molar-refractivity contribution in [3.05, 3.63) is 17.5 Å². The van der Waals surface area contributed by atoms with Gasteiger partial charge >= 0.3 is 0 Å². The summed E-state index contributed by atoms with van der Waals surface area (Å²) < 4.78 is 1.90. The molecule has 1 aliphatic carbocycles. The zero-order valence-corrected chi connectivity index (χ0v) is 12.1. The summed E-state index contributed by atoms with van der Waals surface area (Å²) in [6, 6.07) is 0. The molecule has 0 saturated heterocycles. The monoisotopic (exact) mass is 249 g/mol.